The molecule has 146 valence electrons. The van der Waals surface area contributed by atoms with Gasteiger partial charge in [0.25, 0.3) is 0 Å². The lowest BCUT2D eigenvalue weighted by Crippen LogP contribution is -2.04. The molecule has 1 aromatic carbocycles. The lowest BCUT2D eigenvalue weighted by Gasteiger charge is -2.11. The third kappa shape index (κ3) is 5.08. The average Bonchev–Trinajstić information content (AvgIpc) is 2.73. The first-order valence-corrected chi connectivity index (χ1v) is 8.98. The topological polar surface area (TPSA) is 25.8 Å². The van der Waals surface area contributed by atoms with Crippen molar-refractivity contribution < 1.29 is 13.2 Å². The van der Waals surface area contributed by atoms with E-state index in [4.69, 9.17) is 0 Å². The summed E-state index contributed by atoms with van der Waals surface area (Å²) in [5.41, 5.74) is 3.33. The monoisotopic (exact) mass is 392 g/mol. The first kappa shape index (κ1) is 20.3. The third-order valence-corrected chi connectivity index (χ3v) is 4.23. The van der Waals surface area contributed by atoms with E-state index in [-0.39, 0.29) is 0 Å². The van der Waals surface area contributed by atoms with Crippen molar-refractivity contribution in [1.82, 2.24) is 9.97 Å². The van der Waals surface area contributed by atoms with Gasteiger partial charge < -0.3 is 0 Å². The van der Waals surface area contributed by atoms with Crippen molar-refractivity contribution in [2.75, 3.05) is 0 Å². The maximum absolute atomic E-state index is 12.9. The molecule has 3 rings (SSSR count). The van der Waals surface area contributed by atoms with Crippen LogP contribution in [0.2, 0.25) is 0 Å². The summed E-state index contributed by atoms with van der Waals surface area (Å²) in [7, 11) is 0. The summed E-state index contributed by atoms with van der Waals surface area (Å²) in [6.07, 6.45) is 4.77. The fraction of sp³-hybridized carbons (Fsp3) is 0.0833. The first-order valence-electron chi connectivity index (χ1n) is 8.98. The molecule has 2 aromatic heterocycles. The van der Waals surface area contributed by atoms with Crippen LogP contribution in [-0.4, -0.2) is 9.97 Å². The van der Waals surface area contributed by atoms with Crippen LogP contribution >= 0.6 is 0 Å². The van der Waals surface area contributed by atoms with Crippen LogP contribution in [0.15, 0.2) is 91.7 Å². The van der Waals surface area contributed by atoms with Crippen LogP contribution in [0.1, 0.15) is 18.2 Å². The Morgan fingerprint density at radius 1 is 0.931 bits per heavy atom. The van der Waals surface area contributed by atoms with Gasteiger partial charge in [0.05, 0.1) is 22.6 Å². The van der Waals surface area contributed by atoms with Gasteiger partial charge in [-0.2, -0.15) is 13.2 Å². The van der Waals surface area contributed by atoms with Crippen molar-refractivity contribution >= 4 is 5.57 Å². The minimum Gasteiger partial charge on any atom is -0.255 e. The maximum atomic E-state index is 12.9. The zero-order valence-corrected chi connectivity index (χ0v) is 15.8. The van der Waals surface area contributed by atoms with Crippen LogP contribution in [0.5, 0.6) is 0 Å². The molecule has 2 nitrogen and oxygen atoms in total. The smallest absolute Gasteiger partial charge is 0.255 e. The highest BCUT2D eigenvalue weighted by Gasteiger charge is 2.30. The number of halogens is 3. The van der Waals surface area contributed by atoms with Crippen molar-refractivity contribution in [2.24, 2.45) is 0 Å². The molecule has 0 bridgehead atoms. The maximum Gasteiger partial charge on any atom is 0.416 e. The highest BCUT2D eigenvalue weighted by atomic mass is 19.4. The number of allylic oxidation sites excluding steroid dienone is 5. The molecule has 0 saturated carbocycles. The molecule has 29 heavy (non-hydrogen) atoms. The summed E-state index contributed by atoms with van der Waals surface area (Å²) in [4.78, 5) is 8.98. The van der Waals surface area contributed by atoms with Crippen LogP contribution in [0.25, 0.3) is 28.1 Å². The van der Waals surface area contributed by atoms with Crippen LogP contribution in [0.3, 0.4) is 0 Å². The zero-order valence-electron chi connectivity index (χ0n) is 15.8. The number of benzene rings is 1. The van der Waals surface area contributed by atoms with E-state index in [0.29, 0.717) is 28.2 Å². The number of aromatic nitrogens is 2. The highest BCUT2D eigenvalue weighted by molar-refractivity contribution is 5.77. The van der Waals surface area contributed by atoms with Gasteiger partial charge in [0.2, 0.25) is 0 Å². The van der Waals surface area contributed by atoms with Crippen LogP contribution < -0.4 is 0 Å². The van der Waals surface area contributed by atoms with E-state index in [1.165, 1.54) is 12.1 Å². The first-order chi connectivity index (χ1) is 13.9. The van der Waals surface area contributed by atoms with Crippen LogP contribution in [0, 0.1) is 0 Å². The van der Waals surface area contributed by atoms with Crippen molar-refractivity contribution in [3.63, 3.8) is 0 Å². The molecule has 0 amide bonds. The summed E-state index contributed by atoms with van der Waals surface area (Å²) in [5.74, 6) is 0. The van der Waals surface area contributed by atoms with Crippen molar-refractivity contribution in [3.05, 3.63) is 103 Å². The molecule has 3 aromatic rings. The molecule has 2 heterocycles. The summed E-state index contributed by atoms with van der Waals surface area (Å²) in [6, 6.07) is 14.2. The van der Waals surface area contributed by atoms with Gasteiger partial charge in [-0.25, -0.2) is 4.98 Å². The number of hydrogen-bond acceptors (Lipinski definition) is 2. The predicted octanol–water partition coefficient (Wildman–Crippen LogP) is 6.97. The minimum atomic E-state index is -4.37. The van der Waals surface area contributed by atoms with E-state index in [1.54, 1.807) is 6.20 Å². The Bertz CT molecular complexity index is 1050. The van der Waals surface area contributed by atoms with Gasteiger partial charge in [-0.05, 0) is 60.0 Å². The molecule has 5 heteroatoms. The largest absolute Gasteiger partial charge is 0.416 e. The Morgan fingerprint density at radius 3 is 2.31 bits per heavy atom. The van der Waals surface area contributed by atoms with Gasteiger partial charge >= 0.3 is 6.18 Å². The summed E-state index contributed by atoms with van der Waals surface area (Å²) in [5, 5.41) is 0. The summed E-state index contributed by atoms with van der Waals surface area (Å²) < 4.78 is 38.6. The minimum absolute atomic E-state index is 0.624. The van der Waals surface area contributed by atoms with Gasteiger partial charge in [-0.15, -0.1) is 0 Å². The molecule has 0 spiro atoms. The van der Waals surface area contributed by atoms with Gasteiger partial charge in [-0.1, -0.05) is 49.1 Å². The van der Waals surface area contributed by atoms with E-state index >= 15 is 0 Å². The van der Waals surface area contributed by atoms with Gasteiger partial charge in [-0.3, -0.25) is 4.98 Å². The van der Waals surface area contributed by atoms with E-state index in [1.807, 2.05) is 61.6 Å². The Labute approximate surface area is 167 Å². The van der Waals surface area contributed by atoms with Crippen molar-refractivity contribution in [2.45, 2.75) is 13.1 Å². The third-order valence-electron chi connectivity index (χ3n) is 4.23. The molecule has 0 N–H and O–H groups in total. The summed E-state index contributed by atoms with van der Waals surface area (Å²) in [6.45, 7) is 5.97. The van der Waals surface area contributed by atoms with Gasteiger partial charge in [0, 0.05) is 6.20 Å². The van der Waals surface area contributed by atoms with Crippen LogP contribution in [0.4, 0.5) is 13.2 Å². The fourth-order valence-corrected chi connectivity index (χ4v) is 2.73. The quantitative estimate of drug-likeness (QED) is 0.438. The van der Waals surface area contributed by atoms with E-state index in [9.17, 15) is 13.2 Å². The summed E-state index contributed by atoms with van der Waals surface area (Å²) >= 11 is 0. The molecular formula is C24H19F3N2. The second-order valence-electron chi connectivity index (χ2n) is 6.33. The molecular weight excluding hydrogens is 373 g/mol. The van der Waals surface area contributed by atoms with Crippen LogP contribution in [-0.2, 0) is 6.18 Å². The lowest BCUT2D eigenvalue weighted by molar-refractivity contribution is -0.137. The predicted molar refractivity (Wildman–Crippen MR) is 111 cm³/mol. The molecule has 0 fully saturated rings. The highest BCUT2D eigenvalue weighted by Crippen LogP contribution is 2.32. The Morgan fingerprint density at radius 2 is 1.69 bits per heavy atom. The standard InChI is InChI=1S/C24H19F3N2/c1-3-4-5-8-17(2)22-15-19(16-23(29-22)21-9-6-7-14-28-21)18-10-12-20(13-11-18)24(25,26)27/h3-16H,2H2,1H3/b4-3-,8-5-. The van der Waals surface area contributed by atoms with Gasteiger partial charge in [0.1, 0.15) is 0 Å². The van der Waals surface area contributed by atoms with E-state index < -0.39 is 11.7 Å². The SMILES string of the molecule is C=C(/C=C\C=C/C)c1cc(-c2ccc(C(F)(F)F)cc2)cc(-c2ccccn2)n1. The van der Waals surface area contributed by atoms with Crippen molar-refractivity contribution in [3.8, 4) is 22.5 Å². The molecule has 0 aliphatic carbocycles. The second kappa shape index (κ2) is 8.69. The Balaban J connectivity index is 2.08. The molecule has 0 aliphatic heterocycles. The molecule has 0 radical (unpaired) electrons. The number of alkyl halides is 3. The van der Waals surface area contributed by atoms with E-state index in [0.717, 1.165) is 17.7 Å². The molecule has 0 atom stereocenters. The lowest BCUT2D eigenvalue weighted by atomic mass is 10.0. The number of pyridine rings is 2. The molecule has 0 saturated heterocycles. The normalized spacial score (nSPS) is 12.0. The number of rotatable bonds is 5. The number of hydrogen-bond donors (Lipinski definition) is 0. The number of nitrogens with zero attached hydrogens (tertiary/aromatic N) is 2. The molecule has 0 unspecified atom stereocenters. The zero-order chi connectivity index (χ0) is 20.9. The van der Waals surface area contributed by atoms with Gasteiger partial charge in [0.15, 0.2) is 0 Å². The van der Waals surface area contributed by atoms with Crippen molar-refractivity contribution in [1.29, 1.82) is 0 Å². The molecule has 0 aliphatic rings. The average molecular weight is 392 g/mol. The second-order valence-corrected chi connectivity index (χ2v) is 6.33. The Kier molecular flexibility index (Phi) is 6.07. The Hall–Kier alpha value is -3.47. The van der Waals surface area contributed by atoms with E-state index in [2.05, 4.69) is 16.5 Å². The fourth-order valence-electron chi connectivity index (χ4n) is 2.73.